The summed E-state index contributed by atoms with van der Waals surface area (Å²) in [4.78, 5) is 0. The molecule has 0 aliphatic carbocycles. The number of rotatable bonds is 7. The Morgan fingerprint density at radius 1 is 1.42 bits per heavy atom. The van der Waals surface area contributed by atoms with Gasteiger partial charge in [0, 0.05) is 6.67 Å². The number of hydrogen-bond acceptors (Lipinski definition) is 3. The molecule has 0 aromatic carbocycles. The average molecular weight is 171 g/mol. The van der Waals surface area contributed by atoms with E-state index in [0.29, 0.717) is 0 Å². The first kappa shape index (κ1) is 11.6. The molecule has 72 valence electrons. The van der Waals surface area contributed by atoms with Crippen LogP contribution in [0.3, 0.4) is 0 Å². The maximum absolute atomic E-state index is 5.49. The summed E-state index contributed by atoms with van der Waals surface area (Å²) in [6.07, 6.45) is 6.66. The number of nitrogens with two attached hydrogens (primary N) is 1. The van der Waals surface area contributed by atoms with Crippen LogP contribution in [0.5, 0.6) is 0 Å². The van der Waals surface area contributed by atoms with Gasteiger partial charge < -0.3 is 11.1 Å². The highest BCUT2D eigenvalue weighted by Gasteiger charge is 1.88. The number of hydrogen-bond donors (Lipinski definition) is 3. The summed E-state index contributed by atoms with van der Waals surface area (Å²) in [5.74, 6) is 0. The van der Waals surface area contributed by atoms with E-state index in [9.17, 15) is 0 Å². The van der Waals surface area contributed by atoms with Crippen LogP contribution in [0.15, 0.2) is 12.2 Å². The van der Waals surface area contributed by atoms with Crippen molar-refractivity contribution in [2.45, 2.75) is 32.9 Å². The first-order chi connectivity index (χ1) is 5.77. The van der Waals surface area contributed by atoms with E-state index in [1.807, 2.05) is 6.92 Å². The molecule has 1 unspecified atom stereocenters. The lowest BCUT2D eigenvalue weighted by Gasteiger charge is -2.08. The van der Waals surface area contributed by atoms with Crippen molar-refractivity contribution in [3.63, 3.8) is 0 Å². The first-order valence-corrected chi connectivity index (χ1v) is 4.62. The van der Waals surface area contributed by atoms with Gasteiger partial charge in [0.15, 0.2) is 0 Å². The van der Waals surface area contributed by atoms with Gasteiger partial charge >= 0.3 is 0 Å². The lowest BCUT2D eigenvalue weighted by Crippen LogP contribution is -2.40. The van der Waals surface area contributed by atoms with Crippen molar-refractivity contribution < 1.29 is 0 Å². The molecule has 0 spiro atoms. The molecule has 4 N–H and O–H groups in total. The van der Waals surface area contributed by atoms with Crippen LogP contribution in [0.4, 0.5) is 0 Å². The van der Waals surface area contributed by atoms with Gasteiger partial charge in [-0.2, -0.15) is 0 Å². The largest absolute Gasteiger partial charge is 0.316 e. The molecule has 0 fully saturated rings. The van der Waals surface area contributed by atoms with Crippen LogP contribution >= 0.6 is 0 Å². The van der Waals surface area contributed by atoms with Gasteiger partial charge in [0.05, 0.1) is 6.17 Å². The normalized spacial score (nSPS) is 13.9. The van der Waals surface area contributed by atoms with E-state index in [2.05, 4.69) is 29.7 Å². The number of nitrogens with one attached hydrogen (secondary N) is 2. The zero-order valence-electron chi connectivity index (χ0n) is 8.14. The molecule has 12 heavy (non-hydrogen) atoms. The lowest BCUT2D eigenvalue weighted by atomic mass is 10.3. The summed E-state index contributed by atoms with van der Waals surface area (Å²) in [6, 6.07) is 0. The van der Waals surface area contributed by atoms with E-state index in [0.717, 1.165) is 26.1 Å². The van der Waals surface area contributed by atoms with Crippen molar-refractivity contribution in [2.75, 3.05) is 13.2 Å². The van der Waals surface area contributed by atoms with Gasteiger partial charge in [-0.25, -0.2) is 0 Å². The van der Waals surface area contributed by atoms with E-state index in [1.54, 1.807) is 0 Å². The molecule has 0 saturated heterocycles. The topological polar surface area (TPSA) is 50.1 Å². The van der Waals surface area contributed by atoms with E-state index < -0.39 is 0 Å². The van der Waals surface area contributed by atoms with Crippen molar-refractivity contribution in [3.8, 4) is 0 Å². The molecule has 0 bridgehead atoms. The number of allylic oxidation sites excluding steroid dienone is 1. The van der Waals surface area contributed by atoms with Crippen LogP contribution in [0.25, 0.3) is 0 Å². The Morgan fingerprint density at radius 3 is 2.75 bits per heavy atom. The molecule has 0 aromatic heterocycles. The molecular weight excluding hydrogens is 150 g/mol. The molecule has 0 saturated carbocycles. The Hall–Kier alpha value is -0.380. The minimum Gasteiger partial charge on any atom is -0.316 e. The molecule has 0 aliphatic rings. The highest BCUT2D eigenvalue weighted by Crippen LogP contribution is 1.83. The third-order valence-corrected chi connectivity index (χ3v) is 1.44. The Kier molecular flexibility index (Phi) is 8.44. The zero-order valence-corrected chi connectivity index (χ0v) is 8.14. The third-order valence-electron chi connectivity index (χ3n) is 1.44. The van der Waals surface area contributed by atoms with Gasteiger partial charge in [0.2, 0.25) is 0 Å². The van der Waals surface area contributed by atoms with Crippen LogP contribution < -0.4 is 16.4 Å². The van der Waals surface area contributed by atoms with Crippen LogP contribution in [0.2, 0.25) is 0 Å². The summed E-state index contributed by atoms with van der Waals surface area (Å²) in [6.45, 7) is 5.87. The van der Waals surface area contributed by atoms with Gasteiger partial charge in [0.25, 0.3) is 0 Å². The van der Waals surface area contributed by atoms with Gasteiger partial charge in [-0.3, -0.25) is 5.32 Å². The Bertz CT molecular complexity index is 110. The SMILES string of the molecule is CCC=CCCNCNC(C)N. The first-order valence-electron chi connectivity index (χ1n) is 4.62. The minimum atomic E-state index is 0.0729. The molecule has 0 aliphatic heterocycles. The molecule has 0 rings (SSSR count). The van der Waals surface area contributed by atoms with E-state index in [1.165, 1.54) is 0 Å². The molecule has 1 atom stereocenters. The van der Waals surface area contributed by atoms with Crippen LogP contribution in [-0.4, -0.2) is 19.4 Å². The second kappa shape index (κ2) is 8.71. The predicted octanol–water partition coefficient (Wildman–Crippen LogP) is 0.784. The Labute approximate surface area is 75.4 Å². The maximum atomic E-state index is 5.49. The minimum absolute atomic E-state index is 0.0729. The third kappa shape index (κ3) is 9.62. The smallest absolute Gasteiger partial charge is 0.0527 e. The van der Waals surface area contributed by atoms with Crippen LogP contribution in [-0.2, 0) is 0 Å². The molecule has 0 heterocycles. The standard InChI is InChI=1S/C9H21N3/c1-3-4-5-6-7-11-8-12-9(2)10/h4-5,9,11-12H,3,6-8,10H2,1-2H3. The quantitative estimate of drug-likeness (QED) is 0.301. The molecule has 3 heteroatoms. The fourth-order valence-electron chi connectivity index (χ4n) is 0.791. The molecule has 0 aromatic rings. The van der Waals surface area contributed by atoms with Crippen LogP contribution in [0.1, 0.15) is 26.7 Å². The fourth-order valence-corrected chi connectivity index (χ4v) is 0.791. The van der Waals surface area contributed by atoms with Crippen molar-refractivity contribution >= 4 is 0 Å². The molecule has 0 amide bonds. The van der Waals surface area contributed by atoms with E-state index in [-0.39, 0.29) is 6.17 Å². The van der Waals surface area contributed by atoms with Crippen molar-refractivity contribution in [1.82, 2.24) is 10.6 Å². The zero-order chi connectivity index (χ0) is 9.23. The second-order valence-corrected chi connectivity index (χ2v) is 2.84. The Morgan fingerprint density at radius 2 is 2.17 bits per heavy atom. The summed E-state index contributed by atoms with van der Waals surface area (Å²) in [5, 5.41) is 6.31. The fraction of sp³-hybridized carbons (Fsp3) is 0.778. The van der Waals surface area contributed by atoms with Crippen LogP contribution in [0, 0.1) is 0 Å². The summed E-state index contributed by atoms with van der Waals surface area (Å²) in [5.41, 5.74) is 5.49. The lowest BCUT2D eigenvalue weighted by molar-refractivity contribution is 0.516. The summed E-state index contributed by atoms with van der Waals surface area (Å²) < 4.78 is 0. The van der Waals surface area contributed by atoms with Gasteiger partial charge in [-0.05, 0) is 26.3 Å². The monoisotopic (exact) mass is 171 g/mol. The van der Waals surface area contributed by atoms with Gasteiger partial charge in [0.1, 0.15) is 0 Å². The summed E-state index contributed by atoms with van der Waals surface area (Å²) >= 11 is 0. The second-order valence-electron chi connectivity index (χ2n) is 2.84. The molecule has 3 nitrogen and oxygen atoms in total. The highest BCUT2D eigenvalue weighted by molar-refractivity contribution is 4.80. The Balaban J connectivity index is 2.96. The average Bonchev–Trinajstić information content (AvgIpc) is 2.02. The van der Waals surface area contributed by atoms with E-state index >= 15 is 0 Å². The van der Waals surface area contributed by atoms with Gasteiger partial charge in [-0.1, -0.05) is 19.1 Å². The van der Waals surface area contributed by atoms with Crippen molar-refractivity contribution in [2.24, 2.45) is 5.73 Å². The molecule has 0 radical (unpaired) electrons. The molecular formula is C9H21N3. The predicted molar refractivity (Wildman–Crippen MR) is 53.7 cm³/mol. The maximum Gasteiger partial charge on any atom is 0.0527 e. The van der Waals surface area contributed by atoms with Crippen molar-refractivity contribution in [3.05, 3.63) is 12.2 Å². The van der Waals surface area contributed by atoms with Gasteiger partial charge in [-0.15, -0.1) is 0 Å². The summed E-state index contributed by atoms with van der Waals surface area (Å²) in [7, 11) is 0. The highest BCUT2D eigenvalue weighted by atomic mass is 15.1. The van der Waals surface area contributed by atoms with E-state index in [4.69, 9.17) is 5.73 Å². The van der Waals surface area contributed by atoms with Crippen molar-refractivity contribution in [1.29, 1.82) is 0 Å².